The van der Waals surface area contributed by atoms with Crippen LogP contribution in [0.1, 0.15) is 34.5 Å². The maximum Gasteiger partial charge on any atom is 0.337 e. The van der Waals surface area contributed by atoms with Crippen molar-refractivity contribution in [2.75, 3.05) is 17.3 Å². The van der Waals surface area contributed by atoms with Crippen molar-refractivity contribution in [1.82, 2.24) is 0 Å². The van der Waals surface area contributed by atoms with Crippen LogP contribution in [0.2, 0.25) is 0 Å². The van der Waals surface area contributed by atoms with Crippen LogP contribution in [0.3, 0.4) is 0 Å². The molecule has 0 aliphatic carbocycles. The van der Waals surface area contributed by atoms with Gasteiger partial charge in [-0.2, -0.15) is 0 Å². The molecule has 176 valence electrons. The standard InChI is InChI=1S/C27H22N2O6/c1-16(30)28-20-13-11-17(12-14-20)23-22(24(31)18-7-4-3-5-8-18)25(32)26(33)29(23)21-10-6-9-19(15-21)27(34)35-2/h3-15,23,31H,1-2H3,(H,28,30)/t23-/m0/s1. The number of aliphatic hydroxyl groups is 1. The molecule has 1 heterocycles. The first-order valence-corrected chi connectivity index (χ1v) is 10.7. The van der Waals surface area contributed by atoms with Gasteiger partial charge in [0, 0.05) is 23.9 Å². The molecule has 1 atom stereocenters. The first kappa shape index (κ1) is 23.4. The van der Waals surface area contributed by atoms with Crippen LogP contribution >= 0.6 is 0 Å². The number of rotatable bonds is 5. The third-order valence-electron chi connectivity index (χ3n) is 5.58. The number of anilines is 2. The van der Waals surface area contributed by atoms with Gasteiger partial charge in [0.25, 0.3) is 11.7 Å². The summed E-state index contributed by atoms with van der Waals surface area (Å²) in [4.78, 5) is 51.2. The van der Waals surface area contributed by atoms with Crippen LogP contribution in [-0.4, -0.2) is 35.8 Å². The summed E-state index contributed by atoms with van der Waals surface area (Å²) in [6, 6.07) is 20.3. The second-order valence-corrected chi connectivity index (χ2v) is 7.88. The number of amides is 2. The quantitative estimate of drug-likeness (QED) is 0.252. The molecule has 1 fully saturated rings. The van der Waals surface area contributed by atoms with E-state index in [9.17, 15) is 24.3 Å². The van der Waals surface area contributed by atoms with Crippen molar-refractivity contribution in [2.45, 2.75) is 13.0 Å². The molecule has 1 saturated heterocycles. The number of benzene rings is 3. The van der Waals surface area contributed by atoms with Crippen LogP contribution < -0.4 is 10.2 Å². The van der Waals surface area contributed by atoms with Crippen LogP contribution in [0.4, 0.5) is 11.4 Å². The van der Waals surface area contributed by atoms with E-state index in [1.165, 1.54) is 31.1 Å². The highest BCUT2D eigenvalue weighted by Crippen LogP contribution is 2.42. The highest BCUT2D eigenvalue weighted by molar-refractivity contribution is 6.51. The van der Waals surface area contributed by atoms with E-state index in [4.69, 9.17) is 4.74 Å². The van der Waals surface area contributed by atoms with Crippen molar-refractivity contribution in [2.24, 2.45) is 0 Å². The lowest BCUT2D eigenvalue weighted by Crippen LogP contribution is -2.29. The van der Waals surface area contributed by atoms with E-state index >= 15 is 0 Å². The van der Waals surface area contributed by atoms with E-state index in [0.717, 1.165) is 0 Å². The fraction of sp³-hybridized carbons (Fsp3) is 0.111. The van der Waals surface area contributed by atoms with Gasteiger partial charge in [0.05, 0.1) is 24.3 Å². The summed E-state index contributed by atoms with van der Waals surface area (Å²) < 4.78 is 4.78. The molecule has 0 saturated carbocycles. The summed E-state index contributed by atoms with van der Waals surface area (Å²) in [6.07, 6.45) is 0. The average molecular weight is 470 g/mol. The Morgan fingerprint density at radius 1 is 0.914 bits per heavy atom. The molecule has 4 rings (SSSR count). The third-order valence-corrected chi connectivity index (χ3v) is 5.58. The van der Waals surface area contributed by atoms with Gasteiger partial charge in [-0.05, 0) is 35.9 Å². The number of methoxy groups -OCH3 is 1. The average Bonchev–Trinajstić information content (AvgIpc) is 3.14. The van der Waals surface area contributed by atoms with Crippen LogP contribution in [0.25, 0.3) is 5.76 Å². The molecular weight excluding hydrogens is 448 g/mol. The molecule has 0 spiro atoms. The Morgan fingerprint density at radius 3 is 2.20 bits per heavy atom. The molecule has 8 nitrogen and oxygen atoms in total. The van der Waals surface area contributed by atoms with Gasteiger partial charge in [-0.1, -0.05) is 48.5 Å². The zero-order valence-electron chi connectivity index (χ0n) is 19.0. The summed E-state index contributed by atoms with van der Waals surface area (Å²) in [6.45, 7) is 1.39. The number of nitrogens with one attached hydrogen (secondary N) is 1. The number of carbonyl (C=O) groups is 4. The molecule has 0 radical (unpaired) electrons. The Kier molecular flexibility index (Phi) is 6.46. The number of ether oxygens (including phenoxy) is 1. The number of nitrogens with zero attached hydrogens (tertiary/aromatic N) is 1. The van der Waals surface area contributed by atoms with E-state index in [0.29, 0.717) is 16.8 Å². The Labute approximate surface area is 201 Å². The largest absolute Gasteiger partial charge is 0.507 e. The molecule has 35 heavy (non-hydrogen) atoms. The van der Waals surface area contributed by atoms with Gasteiger partial charge in [0.1, 0.15) is 5.76 Å². The Bertz CT molecular complexity index is 1350. The van der Waals surface area contributed by atoms with Crippen LogP contribution in [-0.2, 0) is 19.1 Å². The predicted octanol–water partition coefficient (Wildman–Crippen LogP) is 4.06. The molecule has 2 amide bonds. The van der Waals surface area contributed by atoms with Gasteiger partial charge >= 0.3 is 5.97 Å². The number of Topliss-reactive ketones (excluding diaryl/α,β-unsaturated/α-hetero) is 1. The van der Waals surface area contributed by atoms with Gasteiger partial charge in [-0.25, -0.2) is 4.79 Å². The predicted molar refractivity (Wildman–Crippen MR) is 130 cm³/mol. The van der Waals surface area contributed by atoms with Gasteiger partial charge in [0.2, 0.25) is 5.91 Å². The number of hydrogen-bond donors (Lipinski definition) is 2. The maximum absolute atomic E-state index is 13.3. The van der Waals surface area contributed by atoms with Gasteiger partial charge in [-0.15, -0.1) is 0 Å². The van der Waals surface area contributed by atoms with Crippen molar-refractivity contribution in [1.29, 1.82) is 0 Å². The summed E-state index contributed by atoms with van der Waals surface area (Å²) in [5.41, 5.74) is 1.85. The summed E-state index contributed by atoms with van der Waals surface area (Å²) in [5, 5.41) is 13.8. The molecular formula is C27H22N2O6. The van der Waals surface area contributed by atoms with Crippen molar-refractivity contribution >= 4 is 40.7 Å². The lowest BCUT2D eigenvalue weighted by Gasteiger charge is -2.26. The number of ketones is 1. The molecule has 2 N–H and O–H groups in total. The van der Waals surface area contributed by atoms with E-state index in [-0.39, 0.29) is 28.5 Å². The van der Waals surface area contributed by atoms with E-state index in [1.54, 1.807) is 66.7 Å². The Hall–Kier alpha value is -4.72. The zero-order valence-corrected chi connectivity index (χ0v) is 19.0. The topological polar surface area (TPSA) is 113 Å². The number of carbonyl (C=O) groups excluding carboxylic acids is 4. The van der Waals surface area contributed by atoms with Gasteiger partial charge in [-0.3, -0.25) is 19.3 Å². The summed E-state index contributed by atoms with van der Waals surface area (Å²) in [5.74, 6) is -2.85. The lowest BCUT2D eigenvalue weighted by molar-refractivity contribution is -0.132. The van der Waals surface area contributed by atoms with Crippen molar-refractivity contribution in [3.63, 3.8) is 0 Å². The molecule has 8 heteroatoms. The van der Waals surface area contributed by atoms with Crippen LogP contribution in [0.15, 0.2) is 84.4 Å². The minimum atomic E-state index is -0.977. The molecule has 3 aromatic carbocycles. The lowest BCUT2D eigenvalue weighted by atomic mass is 9.95. The molecule has 1 aliphatic rings. The van der Waals surface area contributed by atoms with Gasteiger partial charge < -0.3 is 15.2 Å². The first-order chi connectivity index (χ1) is 16.8. The Balaban J connectivity index is 1.90. The maximum atomic E-state index is 13.3. The van der Waals surface area contributed by atoms with Crippen LogP contribution in [0, 0.1) is 0 Å². The number of esters is 1. The normalized spacial score (nSPS) is 16.7. The fourth-order valence-electron chi connectivity index (χ4n) is 4.02. The molecule has 0 aromatic heterocycles. The highest BCUT2D eigenvalue weighted by atomic mass is 16.5. The molecule has 0 unspecified atom stereocenters. The smallest absolute Gasteiger partial charge is 0.337 e. The van der Waals surface area contributed by atoms with E-state index < -0.39 is 23.7 Å². The van der Waals surface area contributed by atoms with Crippen LogP contribution in [0.5, 0.6) is 0 Å². The van der Waals surface area contributed by atoms with Crippen molar-refractivity contribution < 1.29 is 29.0 Å². The third kappa shape index (κ3) is 4.54. The highest BCUT2D eigenvalue weighted by Gasteiger charge is 2.47. The second-order valence-electron chi connectivity index (χ2n) is 7.88. The van der Waals surface area contributed by atoms with Gasteiger partial charge in [0.15, 0.2) is 0 Å². The molecule has 3 aromatic rings. The summed E-state index contributed by atoms with van der Waals surface area (Å²) >= 11 is 0. The van der Waals surface area contributed by atoms with E-state index in [2.05, 4.69) is 5.32 Å². The number of hydrogen-bond acceptors (Lipinski definition) is 6. The first-order valence-electron chi connectivity index (χ1n) is 10.7. The zero-order chi connectivity index (χ0) is 25.1. The minimum Gasteiger partial charge on any atom is -0.507 e. The Morgan fingerprint density at radius 2 is 1.57 bits per heavy atom. The summed E-state index contributed by atoms with van der Waals surface area (Å²) in [7, 11) is 1.25. The van der Waals surface area contributed by atoms with Crippen molar-refractivity contribution in [3.8, 4) is 0 Å². The van der Waals surface area contributed by atoms with Crippen molar-refractivity contribution in [3.05, 3.63) is 101 Å². The number of aliphatic hydroxyl groups excluding tert-OH is 1. The van der Waals surface area contributed by atoms with E-state index in [1.807, 2.05) is 0 Å². The SMILES string of the molecule is COC(=O)c1cccc(N2C(=O)C(=O)C(=C(O)c3ccccc3)[C@@H]2c2ccc(NC(C)=O)cc2)c1. The molecule has 0 bridgehead atoms. The second kappa shape index (κ2) is 9.64. The minimum absolute atomic E-state index is 0.0862. The fourth-order valence-corrected chi connectivity index (χ4v) is 4.02. The molecule has 1 aliphatic heterocycles. The monoisotopic (exact) mass is 470 g/mol.